The number of likely N-dealkylation sites (N-methyl/N-ethyl adjacent to an activating group) is 1. The highest BCUT2D eigenvalue weighted by atomic mass is 19.4. The van der Waals surface area contributed by atoms with Crippen LogP contribution in [0.3, 0.4) is 0 Å². The fourth-order valence-corrected chi connectivity index (χ4v) is 2.50. The van der Waals surface area contributed by atoms with E-state index >= 15 is 0 Å². The Morgan fingerprint density at radius 2 is 2.14 bits per heavy atom. The van der Waals surface area contributed by atoms with E-state index < -0.39 is 23.8 Å². The van der Waals surface area contributed by atoms with Crippen LogP contribution in [0.4, 0.5) is 13.2 Å². The molecule has 0 N–H and O–H groups in total. The van der Waals surface area contributed by atoms with E-state index in [1.807, 2.05) is 19.0 Å². The summed E-state index contributed by atoms with van der Waals surface area (Å²) in [5, 5.41) is 4.13. The molecular weight excluding hydrogens is 389 g/mol. The molecule has 0 bridgehead atoms. The first-order chi connectivity index (χ1) is 13.5. The van der Waals surface area contributed by atoms with Gasteiger partial charge in [-0.2, -0.15) is 13.2 Å². The standard InChI is InChI=1S/C19H25F3N4O3/c1-13(2)29-17(27)5-6-26-12-23-18(24-26)14-9-15(19(20,21)22)11-16(10-14)28-8-7-25(3)4/h5-6,9,11-13,16H,7-8,10H2,1-4H3/b6-5-. The summed E-state index contributed by atoms with van der Waals surface area (Å²) in [4.78, 5) is 17.5. The molecule has 0 radical (unpaired) electrons. The maximum Gasteiger partial charge on any atom is 0.416 e. The molecule has 2 rings (SSSR count). The number of rotatable bonds is 8. The van der Waals surface area contributed by atoms with Gasteiger partial charge in [0, 0.05) is 30.8 Å². The number of ether oxygens (including phenoxy) is 2. The topological polar surface area (TPSA) is 69.5 Å². The van der Waals surface area contributed by atoms with Crippen molar-refractivity contribution in [2.75, 3.05) is 27.2 Å². The number of carbonyl (C=O) groups is 1. The molecule has 160 valence electrons. The minimum atomic E-state index is -4.50. The number of aromatic nitrogens is 3. The Morgan fingerprint density at radius 1 is 1.41 bits per heavy atom. The third kappa shape index (κ3) is 7.47. The quantitative estimate of drug-likeness (QED) is 0.481. The fourth-order valence-electron chi connectivity index (χ4n) is 2.50. The van der Waals surface area contributed by atoms with Gasteiger partial charge in [0.1, 0.15) is 6.33 Å². The first kappa shape index (κ1) is 22.8. The summed E-state index contributed by atoms with van der Waals surface area (Å²) in [6, 6.07) is 0. The zero-order chi connectivity index (χ0) is 21.6. The molecule has 1 heterocycles. The summed E-state index contributed by atoms with van der Waals surface area (Å²) in [7, 11) is 3.71. The third-order valence-electron chi connectivity index (χ3n) is 3.82. The van der Waals surface area contributed by atoms with E-state index in [4.69, 9.17) is 9.47 Å². The van der Waals surface area contributed by atoms with Gasteiger partial charge in [-0.1, -0.05) is 0 Å². The van der Waals surface area contributed by atoms with Crippen molar-refractivity contribution in [3.8, 4) is 0 Å². The first-order valence-electron chi connectivity index (χ1n) is 9.11. The zero-order valence-corrected chi connectivity index (χ0v) is 16.8. The van der Waals surface area contributed by atoms with Gasteiger partial charge < -0.3 is 14.4 Å². The summed E-state index contributed by atoms with van der Waals surface area (Å²) in [6.45, 7) is 4.33. The van der Waals surface area contributed by atoms with Crippen LogP contribution in [0.5, 0.6) is 0 Å². The van der Waals surface area contributed by atoms with Crippen molar-refractivity contribution >= 4 is 17.7 Å². The lowest BCUT2D eigenvalue weighted by atomic mass is 9.96. The largest absolute Gasteiger partial charge is 0.460 e. The fraction of sp³-hybridized carbons (Fsp3) is 0.526. The molecule has 1 aromatic rings. The molecule has 29 heavy (non-hydrogen) atoms. The summed E-state index contributed by atoms with van der Waals surface area (Å²) in [6.07, 6.45) is 0.646. The van der Waals surface area contributed by atoms with Crippen LogP contribution < -0.4 is 0 Å². The molecule has 1 aliphatic rings. The van der Waals surface area contributed by atoms with Gasteiger partial charge >= 0.3 is 12.1 Å². The lowest BCUT2D eigenvalue weighted by Crippen LogP contribution is -2.25. The number of allylic oxidation sites excluding steroid dienone is 2. The highest BCUT2D eigenvalue weighted by Crippen LogP contribution is 2.35. The number of hydrogen-bond acceptors (Lipinski definition) is 6. The SMILES string of the molecule is CC(C)OC(=O)/C=C\n1cnc(C2=CC(C(F)(F)F)=CC(OCCN(C)C)C2)n1. The Labute approximate surface area is 167 Å². The predicted octanol–water partition coefficient (Wildman–Crippen LogP) is 2.92. The van der Waals surface area contributed by atoms with E-state index in [-0.39, 0.29) is 18.3 Å². The Kier molecular flexibility index (Phi) is 7.74. The molecule has 0 spiro atoms. The van der Waals surface area contributed by atoms with E-state index in [0.717, 1.165) is 12.2 Å². The van der Waals surface area contributed by atoms with Crippen molar-refractivity contribution < 1.29 is 27.4 Å². The molecule has 0 saturated heterocycles. The van der Waals surface area contributed by atoms with Gasteiger partial charge in [-0.05, 0) is 40.1 Å². The monoisotopic (exact) mass is 414 g/mol. The molecule has 7 nitrogen and oxygen atoms in total. The lowest BCUT2D eigenvalue weighted by molar-refractivity contribution is -0.141. The van der Waals surface area contributed by atoms with Gasteiger partial charge in [-0.15, -0.1) is 5.10 Å². The summed E-state index contributed by atoms with van der Waals surface area (Å²) in [5.41, 5.74) is -0.479. The summed E-state index contributed by atoms with van der Waals surface area (Å²) < 4.78 is 51.7. The molecule has 1 aliphatic carbocycles. The molecule has 0 aliphatic heterocycles. The van der Waals surface area contributed by atoms with Gasteiger partial charge in [0.05, 0.1) is 24.4 Å². The maximum absolute atomic E-state index is 13.3. The molecule has 1 atom stereocenters. The average molecular weight is 414 g/mol. The van der Waals surface area contributed by atoms with Gasteiger partial charge in [0.25, 0.3) is 0 Å². The van der Waals surface area contributed by atoms with Crippen molar-refractivity contribution in [2.24, 2.45) is 0 Å². The number of halogens is 3. The highest BCUT2D eigenvalue weighted by Gasteiger charge is 2.36. The van der Waals surface area contributed by atoms with E-state index in [1.165, 1.54) is 23.3 Å². The predicted molar refractivity (Wildman–Crippen MR) is 102 cm³/mol. The van der Waals surface area contributed by atoms with Gasteiger partial charge in [0.2, 0.25) is 0 Å². The van der Waals surface area contributed by atoms with Crippen molar-refractivity contribution in [1.82, 2.24) is 19.7 Å². The Morgan fingerprint density at radius 3 is 2.76 bits per heavy atom. The average Bonchev–Trinajstić information content (AvgIpc) is 3.07. The smallest absolute Gasteiger partial charge is 0.416 e. The maximum atomic E-state index is 13.3. The molecule has 1 aromatic heterocycles. The molecular formula is C19H25F3N4O3. The number of nitrogens with zero attached hydrogens (tertiary/aromatic N) is 4. The van der Waals surface area contributed by atoms with Crippen molar-refractivity contribution in [3.05, 3.63) is 36.0 Å². The van der Waals surface area contributed by atoms with Gasteiger partial charge in [0.15, 0.2) is 5.82 Å². The summed E-state index contributed by atoms with van der Waals surface area (Å²) in [5.74, 6) is -0.409. The van der Waals surface area contributed by atoms with Crippen LogP contribution >= 0.6 is 0 Å². The van der Waals surface area contributed by atoms with Crippen LogP contribution in [-0.4, -0.2) is 71.3 Å². The second-order valence-electron chi connectivity index (χ2n) is 7.06. The Balaban J connectivity index is 2.14. The number of carbonyl (C=O) groups excluding carboxylic acids is 1. The van der Waals surface area contributed by atoms with Crippen LogP contribution in [0, 0.1) is 0 Å². The van der Waals surface area contributed by atoms with Crippen molar-refractivity contribution in [2.45, 2.75) is 38.7 Å². The molecule has 0 fully saturated rings. The number of hydrogen-bond donors (Lipinski definition) is 0. The minimum Gasteiger partial charge on any atom is -0.460 e. The first-order valence-corrected chi connectivity index (χ1v) is 9.11. The van der Waals surface area contributed by atoms with Crippen LogP contribution in [-0.2, 0) is 14.3 Å². The van der Waals surface area contributed by atoms with Crippen LogP contribution in [0.15, 0.2) is 30.1 Å². The Bertz CT molecular complexity index is 795. The van der Waals surface area contributed by atoms with E-state index in [9.17, 15) is 18.0 Å². The molecule has 10 heteroatoms. The number of alkyl halides is 3. The van der Waals surface area contributed by atoms with Gasteiger partial charge in [-0.3, -0.25) is 0 Å². The highest BCUT2D eigenvalue weighted by molar-refractivity contribution is 5.85. The second-order valence-corrected chi connectivity index (χ2v) is 7.06. The molecule has 0 amide bonds. The lowest BCUT2D eigenvalue weighted by Gasteiger charge is -2.23. The van der Waals surface area contributed by atoms with E-state index in [0.29, 0.717) is 18.7 Å². The Hall–Kier alpha value is -2.46. The number of esters is 1. The molecule has 0 aromatic carbocycles. The zero-order valence-electron chi connectivity index (χ0n) is 16.8. The second kappa shape index (κ2) is 9.84. The van der Waals surface area contributed by atoms with Crippen LogP contribution in [0.1, 0.15) is 26.1 Å². The third-order valence-corrected chi connectivity index (χ3v) is 3.82. The molecule has 1 unspecified atom stereocenters. The summed E-state index contributed by atoms with van der Waals surface area (Å²) >= 11 is 0. The van der Waals surface area contributed by atoms with Gasteiger partial charge in [-0.25, -0.2) is 14.5 Å². The van der Waals surface area contributed by atoms with E-state index in [2.05, 4.69) is 10.1 Å². The minimum absolute atomic E-state index is 0.142. The van der Waals surface area contributed by atoms with Crippen molar-refractivity contribution in [3.63, 3.8) is 0 Å². The van der Waals surface area contributed by atoms with Crippen LogP contribution in [0.2, 0.25) is 0 Å². The molecule has 0 saturated carbocycles. The normalized spacial score (nSPS) is 17.8. The van der Waals surface area contributed by atoms with Crippen LogP contribution in [0.25, 0.3) is 11.8 Å². The van der Waals surface area contributed by atoms with E-state index in [1.54, 1.807) is 13.8 Å². The van der Waals surface area contributed by atoms with Crippen molar-refractivity contribution in [1.29, 1.82) is 0 Å².